The van der Waals surface area contributed by atoms with Gasteiger partial charge in [0.25, 0.3) is 5.91 Å². The zero-order chi connectivity index (χ0) is 16.1. The average Bonchev–Trinajstić information content (AvgIpc) is 3.14. The Morgan fingerprint density at radius 1 is 1.35 bits per heavy atom. The van der Waals surface area contributed by atoms with Crippen molar-refractivity contribution in [2.75, 3.05) is 31.1 Å². The summed E-state index contributed by atoms with van der Waals surface area (Å²) in [5, 5.41) is 9.86. The summed E-state index contributed by atoms with van der Waals surface area (Å²) < 4.78 is 20.7. The molecule has 0 spiro atoms. The maximum Gasteiger partial charge on any atom is 0.260 e. The highest BCUT2D eigenvalue weighted by Crippen LogP contribution is 2.40. The number of fused-ring (bicyclic) bond motifs is 2. The Hall–Kier alpha value is -1.82. The third kappa shape index (κ3) is 2.27. The summed E-state index contributed by atoms with van der Waals surface area (Å²) in [6.45, 7) is 3.86. The number of benzene rings is 1. The van der Waals surface area contributed by atoms with Gasteiger partial charge in [-0.05, 0) is 37.8 Å². The van der Waals surface area contributed by atoms with Crippen LogP contribution in [0.5, 0.6) is 5.75 Å². The van der Waals surface area contributed by atoms with Crippen LogP contribution in [0.1, 0.15) is 35.2 Å². The van der Waals surface area contributed by atoms with Gasteiger partial charge in [0, 0.05) is 19.6 Å². The molecule has 0 saturated carbocycles. The number of halogens is 1. The van der Waals surface area contributed by atoms with Crippen molar-refractivity contribution in [3.05, 3.63) is 23.0 Å². The zero-order valence-corrected chi connectivity index (χ0v) is 13.2. The van der Waals surface area contributed by atoms with Gasteiger partial charge < -0.3 is 19.6 Å². The quantitative estimate of drug-likeness (QED) is 0.856. The van der Waals surface area contributed by atoms with E-state index in [2.05, 4.69) is 0 Å². The van der Waals surface area contributed by atoms with Gasteiger partial charge in [-0.2, -0.15) is 0 Å². The van der Waals surface area contributed by atoms with Crippen LogP contribution in [-0.2, 0) is 0 Å². The van der Waals surface area contributed by atoms with E-state index < -0.39 is 6.10 Å². The minimum absolute atomic E-state index is 0.139. The number of ether oxygens (including phenoxy) is 1. The Kier molecular flexibility index (Phi) is 3.44. The van der Waals surface area contributed by atoms with E-state index in [1.165, 1.54) is 0 Å². The molecule has 4 rings (SSSR count). The monoisotopic (exact) mass is 320 g/mol. The molecule has 2 fully saturated rings. The molecular formula is C17H21FN2O3. The molecule has 0 aliphatic carbocycles. The van der Waals surface area contributed by atoms with Gasteiger partial charge >= 0.3 is 0 Å². The molecule has 0 bridgehead atoms. The number of carbonyl (C=O) groups is 1. The Labute approximate surface area is 134 Å². The molecule has 3 heterocycles. The first-order chi connectivity index (χ1) is 11.1. The standard InChI is InChI=1S/C17H21FN2O3/c1-10-6-13-14(16(15(10)18)19-4-2-3-5-19)17(22)20-8-12(21)7-11(20)9-23-13/h6,11-12,21H,2-5,7-9H2,1H3/t11-,12+/m1/s1. The summed E-state index contributed by atoms with van der Waals surface area (Å²) in [6.07, 6.45) is 1.99. The minimum Gasteiger partial charge on any atom is -0.491 e. The highest BCUT2D eigenvalue weighted by atomic mass is 19.1. The maximum atomic E-state index is 14.9. The molecular weight excluding hydrogens is 299 g/mol. The number of aryl methyl sites for hydroxylation is 1. The van der Waals surface area contributed by atoms with Gasteiger partial charge in [0.15, 0.2) is 0 Å². The van der Waals surface area contributed by atoms with Crippen LogP contribution in [0.15, 0.2) is 6.07 Å². The van der Waals surface area contributed by atoms with Gasteiger partial charge in [0.05, 0.1) is 17.8 Å². The van der Waals surface area contributed by atoms with Gasteiger partial charge in [0.1, 0.15) is 23.7 Å². The highest BCUT2D eigenvalue weighted by Gasteiger charge is 2.41. The number of carbonyl (C=O) groups excluding carboxylic acids is 1. The van der Waals surface area contributed by atoms with Crippen molar-refractivity contribution >= 4 is 11.6 Å². The maximum absolute atomic E-state index is 14.9. The molecule has 1 amide bonds. The van der Waals surface area contributed by atoms with Crippen molar-refractivity contribution in [2.24, 2.45) is 0 Å². The number of hydrogen-bond donors (Lipinski definition) is 1. The Bertz CT molecular complexity index is 658. The van der Waals surface area contributed by atoms with E-state index in [9.17, 15) is 14.3 Å². The molecule has 2 saturated heterocycles. The molecule has 23 heavy (non-hydrogen) atoms. The fourth-order valence-corrected chi connectivity index (χ4v) is 3.93. The van der Waals surface area contributed by atoms with Crippen LogP contribution in [0.25, 0.3) is 0 Å². The SMILES string of the molecule is Cc1cc2c(c(N3CCCC3)c1F)C(=O)N1C[C@@H](O)C[C@@H]1CO2. The average molecular weight is 320 g/mol. The first kappa shape index (κ1) is 14.8. The molecule has 3 aliphatic heterocycles. The molecule has 0 aromatic heterocycles. The van der Waals surface area contributed by atoms with Crippen LogP contribution in [0.4, 0.5) is 10.1 Å². The predicted octanol–water partition coefficient (Wildman–Crippen LogP) is 1.70. The first-order valence-corrected chi connectivity index (χ1v) is 8.26. The van der Waals surface area contributed by atoms with E-state index in [1.54, 1.807) is 17.9 Å². The van der Waals surface area contributed by atoms with Gasteiger partial charge in [-0.15, -0.1) is 0 Å². The Morgan fingerprint density at radius 2 is 2.09 bits per heavy atom. The number of anilines is 1. The van der Waals surface area contributed by atoms with Crippen LogP contribution in [0.2, 0.25) is 0 Å². The van der Waals surface area contributed by atoms with Gasteiger partial charge in [0.2, 0.25) is 0 Å². The summed E-state index contributed by atoms with van der Waals surface area (Å²) in [7, 11) is 0. The summed E-state index contributed by atoms with van der Waals surface area (Å²) in [6, 6.07) is 1.49. The smallest absolute Gasteiger partial charge is 0.260 e. The van der Waals surface area contributed by atoms with Gasteiger partial charge in [-0.25, -0.2) is 4.39 Å². The molecule has 124 valence electrons. The summed E-state index contributed by atoms with van der Waals surface area (Å²) in [5.74, 6) is -0.0830. The van der Waals surface area contributed by atoms with Crippen LogP contribution in [0.3, 0.4) is 0 Å². The molecule has 0 radical (unpaired) electrons. The summed E-state index contributed by atoms with van der Waals surface area (Å²) in [4.78, 5) is 16.6. The normalized spacial score (nSPS) is 26.8. The third-order valence-corrected chi connectivity index (χ3v) is 5.11. The Morgan fingerprint density at radius 3 is 2.83 bits per heavy atom. The van der Waals surface area contributed by atoms with Gasteiger partial charge in [-0.3, -0.25) is 4.79 Å². The fourth-order valence-electron chi connectivity index (χ4n) is 3.93. The molecule has 0 unspecified atom stereocenters. The van der Waals surface area contributed by atoms with E-state index in [0.29, 0.717) is 42.1 Å². The van der Waals surface area contributed by atoms with Crippen molar-refractivity contribution in [2.45, 2.75) is 38.3 Å². The van der Waals surface area contributed by atoms with Crippen molar-refractivity contribution < 1.29 is 19.0 Å². The van der Waals surface area contributed by atoms with E-state index in [1.807, 2.05) is 4.90 Å². The summed E-state index contributed by atoms with van der Waals surface area (Å²) >= 11 is 0. The molecule has 1 N–H and O–H groups in total. The number of hydrogen-bond acceptors (Lipinski definition) is 4. The van der Waals surface area contributed by atoms with Crippen LogP contribution >= 0.6 is 0 Å². The third-order valence-electron chi connectivity index (χ3n) is 5.11. The van der Waals surface area contributed by atoms with Crippen molar-refractivity contribution in [1.82, 2.24) is 4.90 Å². The molecule has 6 heteroatoms. The Balaban J connectivity index is 1.85. The molecule has 2 atom stereocenters. The van der Waals surface area contributed by atoms with E-state index >= 15 is 0 Å². The lowest BCUT2D eigenvalue weighted by molar-refractivity contribution is 0.0710. The second-order valence-electron chi connectivity index (χ2n) is 6.74. The molecule has 5 nitrogen and oxygen atoms in total. The second kappa shape index (κ2) is 5.37. The first-order valence-electron chi connectivity index (χ1n) is 8.26. The van der Waals surface area contributed by atoms with Crippen molar-refractivity contribution in [3.63, 3.8) is 0 Å². The van der Waals surface area contributed by atoms with Crippen LogP contribution in [0, 0.1) is 12.7 Å². The highest BCUT2D eigenvalue weighted by molar-refractivity contribution is 6.03. The van der Waals surface area contributed by atoms with Crippen molar-refractivity contribution in [1.29, 1.82) is 0 Å². The van der Waals surface area contributed by atoms with Gasteiger partial charge in [-0.1, -0.05) is 0 Å². The molecule has 1 aromatic rings. The number of aliphatic hydroxyl groups is 1. The molecule has 3 aliphatic rings. The van der Waals surface area contributed by atoms with E-state index in [-0.39, 0.29) is 17.8 Å². The lowest BCUT2D eigenvalue weighted by Crippen LogP contribution is -2.37. The van der Waals surface area contributed by atoms with Crippen LogP contribution < -0.4 is 9.64 Å². The zero-order valence-electron chi connectivity index (χ0n) is 13.2. The lowest BCUT2D eigenvalue weighted by Gasteiger charge is -2.25. The lowest BCUT2D eigenvalue weighted by atomic mass is 10.0. The van der Waals surface area contributed by atoms with E-state index in [4.69, 9.17) is 4.74 Å². The number of aliphatic hydroxyl groups excluding tert-OH is 1. The largest absolute Gasteiger partial charge is 0.491 e. The van der Waals surface area contributed by atoms with Crippen molar-refractivity contribution in [3.8, 4) is 5.75 Å². The second-order valence-corrected chi connectivity index (χ2v) is 6.74. The summed E-state index contributed by atoms with van der Waals surface area (Å²) in [5.41, 5.74) is 1.21. The topological polar surface area (TPSA) is 53.0 Å². The number of nitrogens with zero attached hydrogens (tertiary/aromatic N) is 2. The molecule has 1 aromatic carbocycles. The minimum atomic E-state index is -0.528. The van der Waals surface area contributed by atoms with E-state index in [0.717, 1.165) is 25.9 Å². The van der Waals surface area contributed by atoms with Crippen LogP contribution in [-0.4, -0.2) is 54.3 Å². The fraction of sp³-hybridized carbons (Fsp3) is 0.588. The number of rotatable bonds is 1. The predicted molar refractivity (Wildman–Crippen MR) is 83.5 cm³/mol. The number of amides is 1.